The van der Waals surface area contributed by atoms with Crippen LogP contribution >= 0.6 is 34.8 Å². The van der Waals surface area contributed by atoms with E-state index >= 15 is 0 Å². The Balaban J connectivity index is 1.40. The normalized spacial score (nSPS) is 20.4. The number of nitrogens with one attached hydrogen (secondary N) is 1. The lowest BCUT2D eigenvalue weighted by molar-refractivity contribution is -0.316. The van der Waals surface area contributed by atoms with E-state index in [1.165, 1.54) is 0 Å². The maximum atomic E-state index is 8.58. The smallest absolute Gasteiger partial charge is 0.265 e. The minimum atomic E-state index is -2.16. The van der Waals surface area contributed by atoms with Gasteiger partial charge in [0, 0.05) is 0 Å². The van der Waals surface area contributed by atoms with E-state index in [0.717, 1.165) is 27.8 Å². The molecule has 1 fully saturated rings. The lowest BCUT2D eigenvalue weighted by Gasteiger charge is -2.46. The van der Waals surface area contributed by atoms with Gasteiger partial charge in [0.15, 0.2) is 0 Å². The first-order valence-corrected chi connectivity index (χ1v) is 18.1. The first-order valence-electron chi connectivity index (χ1n) is 17.0. The Morgan fingerprint density at radius 1 is 0.577 bits per heavy atom. The van der Waals surface area contributed by atoms with Crippen LogP contribution in [0.4, 0.5) is 0 Å². The summed E-state index contributed by atoms with van der Waals surface area (Å²) in [6.45, 7) is 0.928. The van der Waals surface area contributed by atoms with Crippen LogP contribution in [0.3, 0.4) is 0 Å². The SMILES string of the molecule is N=C(O[C@H]1O[C@H](COCc2ccccc2)[C@@H](OCc2ccccc2)[C@H](OCc2ccccc2)[C@H]1OC(c1ccccc1)c1ccccc1)C(Cl)(Cl)Cl. The number of rotatable bonds is 15. The largest absolute Gasteiger partial charge is 0.445 e. The molecular formula is C42H40Cl3NO6. The van der Waals surface area contributed by atoms with Crippen molar-refractivity contribution in [3.63, 3.8) is 0 Å². The van der Waals surface area contributed by atoms with Crippen LogP contribution in [0.5, 0.6) is 0 Å². The Bertz CT molecular complexity index is 1740. The molecule has 1 saturated heterocycles. The molecule has 1 heterocycles. The zero-order chi connectivity index (χ0) is 36.2. The monoisotopic (exact) mass is 759 g/mol. The van der Waals surface area contributed by atoms with Gasteiger partial charge in [0.2, 0.25) is 12.2 Å². The molecule has 10 heteroatoms. The van der Waals surface area contributed by atoms with E-state index in [0.29, 0.717) is 6.61 Å². The van der Waals surface area contributed by atoms with Crippen molar-refractivity contribution < 1.29 is 28.4 Å². The van der Waals surface area contributed by atoms with Gasteiger partial charge >= 0.3 is 0 Å². The Morgan fingerprint density at radius 2 is 1.00 bits per heavy atom. The van der Waals surface area contributed by atoms with E-state index in [1.807, 2.05) is 152 Å². The highest BCUT2D eigenvalue weighted by Gasteiger charge is 2.52. The third-order valence-corrected chi connectivity index (χ3v) is 9.06. The van der Waals surface area contributed by atoms with Gasteiger partial charge in [-0.25, -0.2) is 0 Å². The van der Waals surface area contributed by atoms with E-state index in [2.05, 4.69) is 0 Å². The van der Waals surface area contributed by atoms with E-state index in [-0.39, 0.29) is 19.8 Å². The van der Waals surface area contributed by atoms with Crippen molar-refractivity contribution in [2.24, 2.45) is 0 Å². The maximum absolute atomic E-state index is 8.58. The van der Waals surface area contributed by atoms with Gasteiger partial charge in [-0.2, -0.15) is 0 Å². The van der Waals surface area contributed by atoms with Crippen molar-refractivity contribution in [2.45, 2.75) is 60.4 Å². The van der Waals surface area contributed by atoms with Gasteiger partial charge in [-0.15, -0.1) is 0 Å². The Morgan fingerprint density at radius 3 is 1.46 bits per heavy atom. The van der Waals surface area contributed by atoms with Gasteiger partial charge in [-0.05, 0) is 27.8 Å². The molecule has 6 rings (SSSR count). The van der Waals surface area contributed by atoms with Crippen LogP contribution in [0.2, 0.25) is 0 Å². The standard InChI is InChI=1S/C42H40Cl3NO6/c43-42(44,45)41(46)52-40-39(51-36(33-22-12-4-13-23-33)34-24-14-5-15-25-34)38(49-28-32-20-10-3-11-21-32)37(48-27-31-18-8-2-9-19-31)35(50-40)29-47-26-30-16-6-1-7-17-30/h1-25,35-40,46H,26-29H2/t35-,37-,38+,39-,40-/m1/s1. The highest BCUT2D eigenvalue weighted by atomic mass is 35.6. The fourth-order valence-electron chi connectivity index (χ4n) is 5.99. The molecule has 0 aliphatic carbocycles. The third-order valence-electron chi connectivity index (χ3n) is 8.54. The third kappa shape index (κ3) is 10.7. The van der Waals surface area contributed by atoms with Gasteiger partial charge in [0.1, 0.15) is 30.5 Å². The summed E-state index contributed by atoms with van der Waals surface area (Å²) in [5, 5.41) is 8.58. The molecule has 0 spiro atoms. The van der Waals surface area contributed by atoms with Gasteiger partial charge in [0.05, 0.1) is 26.4 Å². The number of alkyl halides is 3. The molecule has 0 aromatic heterocycles. The lowest BCUT2D eigenvalue weighted by Crippen LogP contribution is -2.62. The predicted octanol–water partition coefficient (Wildman–Crippen LogP) is 9.64. The average molecular weight is 761 g/mol. The highest BCUT2D eigenvalue weighted by Crippen LogP contribution is 2.38. The topological polar surface area (TPSA) is 79.2 Å². The maximum Gasteiger partial charge on any atom is 0.265 e. The number of hydrogen-bond donors (Lipinski definition) is 1. The molecular weight excluding hydrogens is 721 g/mol. The number of benzene rings is 5. The van der Waals surface area contributed by atoms with Crippen molar-refractivity contribution in [2.75, 3.05) is 6.61 Å². The molecule has 5 aromatic rings. The quantitative estimate of drug-likeness (QED) is 0.0651. The Labute approximate surface area is 319 Å². The van der Waals surface area contributed by atoms with Gasteiger partial charge in [-0.3, -0.25) is 5.41 Å². The second-order valence-corrected chi connectivity index (χ2v) is 14.6. The minimum absolute atomic E-state index is 0.105. The van der Waals surface area contributed by atoms with Gasteiger partial charge in [-0.1, -0.05) is 186 Å². The summed E-state index contributed by atoms with van der Waals surface area (Å²) in [4.78, 5) is 0. The molecule has 1 N–H and O–H groups in total. The molecule has 0 saturated carbocycles. The summed E-state index contributed by atoms with van der Waals surface area (Å²) >= 11 is 18.5. The fraction of sp³-hybridized carbons (Fsp3) is 0.262. The summed E-state index contributed by atoms with van der Waals surface area (Å²) in [6, 6.07) is 49.2. The molecule has 0 amide bonds. The van der Waals surface area contributed by atoms with Crippen LogP contribution in [0, 0.1) is 5.41 Å². The van der Waals surface area contributed by atoms with Crippen LogP contribution in [0.25, 0.3) is 0 Å². The van der Waals surface area contributed by atoms with Gasteiger partial charge in [0.25, 0.3) is 3.79 Å². The second-order valence-electron chi connectivity index (χ2n) is 12.3. The van der Waals surface area contributed by atoms with Crippen LogP contribution in [-0.4, -0.2) is 47.0 Å². The van der Waals surface area contributed by atoms with Crippen LogP contribution in [0.1, 0.15) is 33.9 Å². The molecule has 0 bridgehead atoms. The fourth-order valence-corrected chi connectivity index (χ4v) is 6.12. The molecule has 1 aliphatic rings. The molecule has 52 heavy (non-hydrogen) atoms. The zero-order valence-corrected chi connectivity index (χ0v) is 30.6. The zero-order valence-electron chi connectivity index (χ0n) is 28.3. The summed E-state index contributed by atoms with van der Waals surface area (Å²) < 4.78 is 37.4. The van der Waals surface area contributed by atoms with Crippen molar-refractivity contribution >= 4 is 40.7 Å². The molecule has 5 atom stereocenters. The Hall–Kier alpha value is -3.76. The van der Waals surface area contributed by atoms with E-state index in [4.69, 9.17) is 68.6 Å². The summed E-state index contributed by atoms with van der Waals surface area (Å²) in [5.41, 5.74) is 4.69. The first kappa shape index (κ1) is 38.0. The van der Waals surface area contributed by atoms with Crippen LogP contribution in [0.15, 0.2) is 152 Å². The van der Waals surface area contributed by atoms with E-state index in [9.17, 15) is 0 Å². The molecule has 270 valence electrons. The molecule has 7 nitrogen and oxygen atoms in total. The van der Waals surface area contributed by atoms with E-state index in [1.54, 1.807) is 0 Å². The van der Waals surface area contributed by atoms with Crippen molar-refractivity contribution in [1.82, 2.24) is 0 Å². The first-order chi connectivity index (χ1) is 25.3. The number of ether oxygens (including phenoxy) is 6. The summed E-state index contributed by atoms with van der Waals surface area (Å²) in [7, 11) is 0. The number of halogens is 3. The molecule has 0 radical (unpaired) electrons. The van der Waals surface area contributed by atoms with Crippen LogP contribution < -0.4 is 0 Å². The molecule has 0 unspecified atom stereocenters. The van der Waals surface area contributed by atoms with Gasteiger partial charge < -0.3 is 28.4 Å². The van der Waals surface area contributed by atoms with Crippen LogP contribution in [-0.2, 0) is 48.2 Å². The van der Waals surface area contributed by atoms with Crippen molar-refractivity contribution in [3.8, 4) is 0 Å². The number of hydrogen-bond acceptors (Lipinski definition) is 7. The van der Waals surface area contributed by atoms with Crippen molar-refractivity contribution in [3.05, 3.63) is 179 Å². The highest BCUT2D eigenvalue weighted by molar-refractivity contribution is 6.76. The minimum Gasteiger partial charge on any atom is -0.445 e. The van der Waals surface area contributed by atoms with E-state index < -0.39 is 46.5 Å². The lowest BCUT2D eigenvalue weighted by atomic mass is 9.96. The predicted molar refractivity (Wildman–Crippen MR) is 203 cm³/mol. The summed E-state index contributed by atoms with van der Waals surface area (Å²) in [6.07, 6.45) is -5.13. The molecule has 5 aromatic carbocycles. The second kappa shape index (κ2) is 18.8. The van der Waals surface area contributed by atoms with Crippen molar-refractivity contribution in [1.29, 1.82) is 5.41 Å². The Kier molecular flexibility index (Phi) is 13.8. The summed E-state index contributed by atoms with van der Waals surface area (Å²) in [5.74, 6) is -0.624. The molecule has 1 aliphatic heterocycles. The average Bonchev–Trinajstić information content (AvgIpc) is 3.17.